The van der Waals surface area contributed by atoms with Crippen molar-refractivity contribution in [3.05, 3.63) is 35.0 Å². The molecule has 2 N–H and O–H groups in total. The van der Waals surface area contributed by atoms with Crippen molar-refractivity contribution < 1.29 is 4.74 Å². The number of ether oxygens (including phenoxy) is 1. The fourth-order valence-corrected chi connectivity index (χ4v) is 4.32. The van der Waals surface area contributed by atoms with Gasteiger partial charge in [-0.25, -0.2) is 9.97 Å². The molecule has 0 radical (unpaired) electrons. The lowest BCUT2D eigenvalue weighted by Gasteiger charge is -2.34. The highest BCUT2D eigenvalue weighted by molar-refractivity contribution is 7.80. The van der Waals surface area contributed by atoms with E-state index >= 15 is 0 Å². The van der Waals surface area contributed by atoms with Gasteiger partial charge in [-0.3, -0.25) is 0 Å². The zero-order valence-corrected chi connectivity index (χ0v) is 19.7. The van der Waals surface area contributed by atoms with Crippen LogP contribution in [0.3, 0.4) is 0 Å². The van der Waals surface area contributed by atoms with Crippen LogP contribution in [0.4, 0.5) is 10.9 Å². The Morgan fingerprint density at radius 1 is 1.37 bits per heavy atom. The Balaban J connectivity index is 1.51. The van der Waals surface area contributed by atoms with Gasteiger partial charge < -0.3 is 25.2 Å². The molecule has 1 saturated heterocycles. The first kappa shape index (κ1) is 22.9. The van der Waals surface area contributed by atoms with Crippen molar-refractivity contribution in [3.63, 3.8) is 0 Å². The van der Waals surface area contributed by atoms with E-state index in [1.807, 2.05) is 31.3 Å². The lowest BCUT2D eigenvalue weighted by Crippen LogP contribution is -2.47. The van der Waals surface area contributed by atoms with Crippen LogP contribution in [0.1, 0.15) is 36.9 Å². The van der Waals surface area contributed by atoms with Gasteiger partial charge in [0.1, 0.15) is 11.9 Å². The number of anilines is 2. The number of morpholine rings is 1. The van der Waals surface area contributed by atoms with Crippen molar-refractivity contribution in [1.29, 1.82) is 0 Å². The van der Waals surface area contributed by atoms with Gasteiger partial charge in [0.2, 0.25) is 0 Å². The number of nitrogens with zero attached hydrogens (tertiary/aromatic N) is 4. The molecular formula is C21H32N6OS2. The van der Waals surface area contributed by atoms with E-state index in [2.05, 4.69) is 39.3 Å². The topological polar surface area (TPSA) is 65.5 Å². The predicted molar refractivity (Wildman–Crippen MR) is 128 cm³/mol. The highest BCUT2D eigenvalue weighted by atomic mass is 32.1. The number of rotatable bonds is 9. The Morgan fingerprint density at radius 2 is 2.20 bits per heavy atom. The van der Waals surface area contributed by atoms with Gasteiger partial charge in [-0.05, 0) is 57.3 Å². The van der Waals surface area contributed by atoms with E-state index < -0.39 is 0 Å². The number of nitrogens with one attached hydrogen (secondary N) is 2. The molecule has 0 spiro atoms. The average molecular weight is 449 g/mol. The number of pyridine rings is 1. The molecule has 0 saturated carbocycles. The lowest BCUT2D eigenvalue weighted by atomic mass is 10.2. The number of hydrogen-bond donors (Lipinski definition) is 2. The largest absolute Gasteiger partial charge is 0.368 e. The molecule has 30 heavy (non-hydrogen) atoms. The highest BCUT2D eigenvalue weighted by Crippen LogP contribution is 2.24. The van der Waals surface area contributed by atoms with Crippen molar-refractivity contribution in [2.75, 3.05) is 51.2 Å². The molecular weight excluding hydrogens is 416 g/mol. The summed E-state index contributed by atoms with van der Waals surface area (Å²) in [6, 6.07) is 5.95. The molecule has 1 atom stereocenters. The summed E-state index contributed by atoms with van der Waals surface area (Å²) in [4.78, 5) is 14.9. The summed E-state index contributed by atoms with van der Waals surface area (Å²) < 4.78 is 6.00. The third kappa shape index (κ3) is 6.60. The first-order chi connectivity index (χ1) is 14.6. The molecule has 3 rings (SSSR count). The SMILES string of the molecule is CCN(CC)CCCNC(=S)N1CCOC(c2cccc(Nc3ncc(C)s3)n2)C1. The third-order valence-electron chi connectivity index (χ3n) is 5.13. The van der Waals surface area contributed by atoms with E-state index in [0.717, 1.165) is 65.8 Å². The third-order valence-corrected chi connectivity index (χ3v) is 6.36. The molecule has 0 aromatic carbocycles. The molecule has 0 aliphatic carbocycles. The van der Waals surface area contributed by atoms with Crippen LogP contribution in [0.25, 0.3) is 0 Å². The zero-order chi connectivity index (χ0) is 21.3. The fourth-order valence-electron chi connectivity index (χ4n) is 3.38. The van der Waals surface area contributed by atoms with Crippen LogP contribution in [0.15, 0.2) is 24.4 Å². The number of aromatic nitrogens is 2. The normalized spacial score (nSPS) is 16.7. The van der Waals surface area contributed by atoms with Crippen LogP contribution in [0.5, 0.6) is 0 Å². The second-order valence-corrected chi connectivity index (χ2v) is 8.89. The molecule has 1 unspecified atom stereocenters. The number of hydrogen-bond acceptors (Lipinski definition) is 7. The molecule has 7 nitrogen and oxygen atoms in total. The summed E-state index contributed by atoms with van der Waals surface area (Å²) in [6.45, 7) is 12.7. The Hall–Kier alpha value is -1.81. The number of thiazole rings is 1. The minimum atomic E-state index is -0.103. The van der Waals surface area contributed by atoms with Gasteiger partial charge in [0.25, 0.3) is 0 Å². The maximum Gasteiger partial charge on any atom is 0.188 e. The molecule has 1 aliphatic heterocycles. The van der Waals surface area contributed by atoms with Gasteiger partial charge >= 0.3 is 0 Å². The summed E-state index contributed by atoms with van der Waals surface area (Å²) in [5.74, 6) is 0.777. The van der Waals surface area contributed by atoms with E-state index in [1.54, 1.807) is 11.3 Å². The van der Waals surface area contributed by atoms with Crippen LogP contribution >= 0.6 is 23.6 Å². The van der Waals surface area contributed by atoms with Gasteiger partial charge in [-0.2, -0.15) is 0 Å². The van der Waals surface area contributed by atoms with Crippen molar-refractivity contribution in [2.45, 2.75) is 33.3 Å². The smallest absolute Gasteiger partial charge is 0.188 e. The van der Waals surface area contributed by atoms with E-state index in [-0.39, 0.29) is 6.10 Å². The van der Waals surface area contributed by atoms with Crippen LogP contribution in [-0.4, -0.2) is 70.8 Å². The summed E-state index contributed by atoms with van der Waals surface area (Å²) in [6.07, 6.45) is 2.84. The molecule has 0 amide bonds. The zero-order valence-electron chi connectivity index (χ0n) is 18.1. The van der Waals surface area contributed by atoms with Crippen LogP contribution in [0.2, 0.25) is 0 Å². The molecule has 1 aliphatic rings. The summed E-state index contributed by atoms with van der Waals surface area (Å²) in [7, 11) is 0. The van der Waals surface area contributed by atoms with E-state index in [1.165, 1.54) is 0 Å². The number of aryl methyl sites for hydroxylation is 1. The Labute approximate surface area is 188 Å². The van der Waals surface area contributed by atoms with Crippen molar-refractivity contribution in [1.82, 2.24) is 25.1 Å². The Kier molecular flexibility index (Phi) is 8.80. The van der Waals surface area contributed by atoms with Crippen LogP contribution < -0.4 is 10.6 Å². The second kappa shape index (κ2) is 11.5. The Morgan fingerprint density at radius 3 is 2.93 bits per heavy atom. The molecule has 9 heteroatoms. The summed E-state index contributed by atoms with van der Waals surface area (Å²) >= 11 is 7.25. The fraction of sp³-hybridized carbons (Fsp3) is 0.571. The van der Waals surface area contributed by atoms with Crippen molar-refractivity contribution >= 4 is 39.6 Å². The first-order valence-corrected chi connectivity index (χ1v) is 11.8. The second-order valence-electron chi connectivity index (χ2n) is 7.27. The minimum Gasteiger partial charge on any atom is -0.368 e. The molecule has 3 heterocycles. The maximum atomic E-state index is 6.00. The van der Waals surface area contributed by atoms with E-state index in [9.17, 15) is 0 Å². The molecule has 164 valence electrons. The monoisotopic (exact) mass is 448 g/mol. The van der Waals surface area contributed by atoms with Gasteiger partial charge in [0.15, 0.2) is 10.2 Å². The lowest BCUT2D eigenvalue weighted by molar-refractivity contribution is -0.00937. The van der Waals surface area contributed by atoms with E-state index in [4.69, 9.17) is 21.9 Å². The molecule has 2 aromatic rings. The molecule has 0 bridgehead atoms. The standard InChI is InChI=1S/C21H32N6OS2/c1-4-26(5-2)11-7-10-22-21(29)27-12-13-28-18(15-27)17-8-6-9-19(24-17)25-20-23-14-16(3)30-20/h6,8-9,14,18H,4-5,7,10-13,15H2,1-3H3,(H,22,29)(H,23,24,25). The van der Waals surface area contributed by atoms with Gasteiger partial charge in [-0.15, -0.1) is 11.3 Å². The first-order valence-electron chi connectivity index (χ1n) is 10.6. The maximum absolute atomic E-state index is 6.00. The quantitative estimate of drug-likeness (QED) is 0.446. The molecule has 2 aromatic heterocycles. The average Bonchev–Trinajstić information content (AvgIpc) is 3.18. The predicted octanol–water partition coefficient (Wildman–Crippen LogP) is 3.57. The Bertz CT molecular complexity index is 810. The van der Waals surface area contributed by atoms with Gasteiger partial charge in [0, 0.05) is 24.2 Å². The van der Waals surface area contributed by atoms with Crippen molar-refractivity contribution in [3.8, 4) is 0 Å². The summed E-state index contributed by atoms with van der Waals surface area (Å²) in [5.41, 5.74) is 0.905. The molecule has 1 fully saturated rings. The van der Waals surface area contributed by atoms with Crippen LogP contribution in [0, 0.1) is 6.92 Å². The highest BCUT2D eigenvalue weighted by Gasteiger charge is 2.24. The van der Waals surface area contributed by atoms with Gasteiger partial charge in [-0.1, -0.05) is 19.9 Å². The number of thiocarbonyl (C=S) groups is 1. The van der Waals surface area contributed by atoms with Crippen molar-refractivity contribution in [2.24, 2.45) is 0 Å². The van der Waals surface area contributed by atoms with E-state index in [0.29, 0.717) is 13.2 Å². The summed E-state index contributed by atoms with van der Waals surface area (Å²) in [5, 5.41) is 8.33. The van der Waals surface area contributed by atoms with Gasteiger partial charge in [0.05, 0.1) is 18.8 Å². The van der Waals surface area contributed by atoms with Crippen LogP contribution in [-0.2, 0) is 4.74 Å². The minimum absolute atomic E-state index is 0.103.